The summed E-state index contributed by atoms with van der Waals surface area (Å²) in [6.45, 7) is 4.21. The first kappa shape index (κ1) is 12.7. The molecular weight excluding hydrogens is 228 g/mol. The van der Waals surface area contributed by atoms with Crippen molar-refractivity contribution < 1.29 is 0 Å². The summed E-state index contributed by atoms with van der Waals surface area (Å²) >= 11 is 6.35. The summed E-state index contributed by atoms with van der Waals surface area (Å²) in [7, 11) is 0. The minimum atomic E-state index is 0.671. The third kappa shape index (κ3) is 3.13. The van der Waals surface area contributed by atoms with E-state index in [2.05, 4.69) is 44.2 Å². The first-order valence-corrected chi connectivity index (χ1v) is 6.97. The Balaban J connectivity index is 2.05. The molecule has 0 N–H and O–H groups in total. The number of hydrogen-bond donors (Lipinski definition) is 0. The van der Waals surface area contributed by atoms with Crippen LogP contribution in [-0.2, 0) is 0 Å². The van der Waals surface area contributed by atoms with Crippen molar-refractivity contribution in [3.05, 3.63) is 46.5 Å². The molecule has 0 radical (unpaired) electrons. The van der Waals surface area contributed by atoms with E-state index in [1.165, 1.54) is 36.8 Å². The Morgan fingerprint density at radius 1 is 1.18 bits per heavy atom. The number of halogens is 1. The molecular formula is C16H21Cl. The Bertz CT molecular complexity index is 398. The highest BCUT2D eigenvalue weighted by atomic mass is 35.5. The van der Waals surface area contributed by atoms with E-state index in [0.717, 1.165) is 10.9 Å². The molecule has 1 heteroatoms. The standard InChI is InChI=1S/C16H21Cl/c1-3-4-13-6-8-14(9-7-13)15-10-5-12(2)11-16(15)17/h3-5,10-11,13-14H,6-9H2,1-2H3. The molecule has 1 fully saturated rings. The lowest BCUT2D eigenvalue weighted by Gasteiger charge is -2.27. The molecule has 0 saturated heterocycles. The van der Waals surface area contributed by atoms with Crippen LogP contribution in [-0.4, -0.2) is 0 Å². The van der Waals surface area contributed by atoms with Crippen LogP contribution in [0.3, 0.4) is 0 Å². The van der Waals surface area contributed by atoms with E-state index in [9.17, 15) is 0 Å². The first-order valence-electron chi connectivity index (χ1n) is 6.59. The Kier molecular flexibility index (Phi) is 4.28. The fourth-order valence-electron chi connectivity index (χ4n) is 2.86. The van der Waals surface area contributed by atoms with Crippen molar-refractivity contribution in [1.29, 1.82) is 0 Å². The highest BCUT2D eigenvalue weighted by molar-refractivity contribution is 6.31. The predicted molar refractivity (Wildman–Crippen MR) is 75.7 cm³/mol. The molecule has 0 heterocycles. The molecule has 0 atom stereocenters. The molecule has 0 nitrogen and oxygen atoms in total. The second-order valence-corrected chi connectivity index (χ2v) is 5.57. The van der Waals surface area contributed by atoms with E-state index in [0.29, 0.717) is 5.92 Å². The van der Waals surface area contributed by atoms with Crippen LogP contribution in [0.15, 0.2) is 30.4 Å². The number of allylic oxidation sites excluding steroid dienone is 2. The maximum Gasteiger partial charge on any atom is 0.0443 e. The van der Waals surface area contributed by atoms with Crippen molar-refractivity contribution in [2.24, 2.45) is 5.92 Å². The topological polar surface area (TPSA) is 0 Å². The van der Waals surface area contributed by atoms with Crippen molar-refractivity contribution in [2.45, 2.75) is 45.4 Å². The summed E-state index contributed by atoms with van der Waals surface area (Å²) in [5, 5.41) is 0.958. The maximum absolute atomic E-state index is 6.35. The zero-order valence-corrected chi connectivity index (χ0v) is 11.5. The number of rotatable bonds is 2. The Morgan fingerprint density at radius 2 is 1.88 bits per heavy atom. The van der Waals surface area contributed by atoms with Crippen molar-refractivity contribution in [2.75, 3.05) is 0 Å². The van der Waals surface area contributed by atoms with Crippen LogP contribution in [0.2, 0.25) is 5.02 Å². The number of aryl methyl sites for hydroxylation is 1. The van der Waals surface area contributed by atoms with Gasteiger partial charge in [0.2, 0.25) is 0 Å². The summed E-state index contributed by atoms with van der Waals surface area (Å²) in [5.41, 5.74) is 2.61. The van der Waals surface area contributed by atoms with Gasteiger partial charge in [0, 0.05) is 5.02 Å². The summed E-state index contributed by atoms with van der Waals surface area (Å²) in [4.78, 5) is 0. The number of hydrogen-bond acceptors (Lipinski definition) is 0. The average Bonchev–Trinajstić information content (AvgIpc) is 2.31. The third-order valence-electron chi connectivity index (χ3n) is 3.83. The van der Waals surface area contributed by atoms with Crippen molar-refractivity contribution in [3.8, 4) is 0 Å². The Hall–Kier alpha value is -0.750. The van der Waals surface area contributed by atoms with Crippen molar-refractivity contribution >= 4 is 11.6 Å². The van der Waals surface area contributed by atoms with Gasteiger partial charge < -0.3 is 0 Å². The van der Waals surface area contributed by atoms with Gasteiger partial charge in [0.15, 0.2) is 0 Å². The zero-order chi connectivity index (χ0) is 12.3. The van der Waals surface area contributed by atoms with Gasteiger partial charge in [0.1, 0.15) is 0 Å². The monoisotopic (exact) mass is 248 g/mol. The van der Waals surface area contributed by atoms with Crippen LogP contribution < -0.4 is 0 Å². The van der Waals surface area contributed by atoms with Gasteiger partial charge in [-0.15, -0.1) is 0 Å². The second kappa shape index (κ2) is 5.73. The molecule has 0 aliphatic heterocycles. The lowest BCUT2D eigenvalue weighted by molar-refractivity contribution is 0.376. The normalized spacial score (nSPS) is 25.4. The van der Waals surface area contributed by atoms with E-state index in [1.807, 2.05) is 0 Å². The third-order valence-corrected chi connectivity index (χ3v) is 4.16. The van der Waals surface area contributed by atoms with E-state index >= 15 is 0 Å². The predicted octanol–water partition coefficient (Wildman–Crippen LogP) is 5.50. The van der Waals surface area contributed by atoms with Crippen LogP contribution in [0.1, 0.15) is 49.7 Å². The molecule has 1 saturated carbocycles. The Morgan fingerprint density at radius 3 is 2.47 bits per heavy atom. The second-order valence-electron chi connectivity index (χ2n) is 5.16. The van der Waals surface area contributed by atoms with Crippen LogP contribution in [0.25, 0.3) is 0 Å². The largest absolute Gasteiger partial charge is 0.0914 e. The molecule has 0 aromatic heterocycles. The molecule has 17 heavy (non-hydrogen) atoms. The lowest BCUT2D eigenvalue weighted by Crippen LogP contribution is -2.12. The van der Waals surface area contributed by atoms with Crippen LogP contribution in [0.4, 0.5) is 0 Å². The van der Waals surface area contributed by atoms with E-state index < -0.39 is 0 Å². The molecule has 1 aliphatic rings. The molecule has 2 rings (SSSR count). The first-order chi connectivity index (χ1) is 8.20. The Labute approximate surface area is 110 Å². The van der Waals surface area contributed by atoms with Gasteiger partial charge in [-0.2, -0.15) is 0 Å². The molecule has 0 bridgehead atoms. The van der Waals surface area contributed by atoms with Crippen LogP contribution in [0.5, 0.6) is 0 Å². The summed E-state index contributed by atoms with van der Waals surface area (Å²) in [6.07, 6.45) is 9.70. The van der Waals surface area contributed by atoms with Gasteiger partial charge in [-0.1, -0.05) is 35.9 Å². The molecule has 1 aromatic carbocycles. The van der Waals surface area contributed by atoms with Crippen molar-refractivity contribution in [3.63, 3.8) is 0 Å². The van der Waals surface area contributed by atoms with Crippen LogP contribution in [0, 0.1) is 12.8 Å². The van der Waals surface area contributed by atoms with Gasteiger partial charge in [-0.3, -0.25) is 0 Å². The quantitative estimate of drug-likeness (QED) is 0.607. The van der Waals surface area contributed by atoms with Crippen LogP contribution >= 0.6 is 11.6 Å². The van der Waals surface area contributed by atoms with E-state index in [1.54, 1.807) is 0 Å². The smallest absolute Gasteiger partial charge is 0.0443 e. The molecule has 1 aliphatic carbocycles. The van der Waals surface area contributed by atoms with Gasteiger partial charge in [-0.25, -0.2) is 0 Å². The molecule has 0 spiro atoms. The van der Waals surface area contributed by atoms with E-state index in [-0.39, 0.29) is 0 Å². The van der Waals surface area contributed by atoms with Gasteiger partial charge in [-0.05, 0) is 68.6 Å². The summed E-state index contributed by atoms with van der Waals surface area (Å²) in [6, 6.07) is 6.49. The average molecular weight is 249 g/mol. The number of benzene rings is 1. The molecule has 92 valence electrons. The zero-order valence-electron chi connectivity index (χ0n) is 10.7. The highest BCUT2D eigenvalue weighted by Gasteiger charge is 2.22. The SMILES string of the molecule is CC=CC1CCC(c2ccc(C)cc2Cl)CC1. The maximum atomic E-state index is 6.35. The van der Waals surface area contributed by atoms with Gasteiger partial charge >= 0.3 is 0 Å². The molecule has 0 amide bonds. The van der Waals surface area contributed by atoms with E-state index in [4.69, 9.17) is 11.6 Å². The highest BCUT2D eigenvalue weighted by Crippen LogP contribution is 2.39. The summed E-state index contributed by atoms with van der Waals surface area (Å²) in [5.74, 6) is 1.46. The van der Waals surface area contributed by atoms with Gasteiger partial charge in [0.05, 0.1) is 0 Å². The molecule has 1 aromatic rings. The van der Waals surface area contributed by atoms with Gasteiger partial charge in [0.25, 0.3) is 0 Å². The minimum absolute atomic E-state index is 0.671. The lowest BCUT2D eigenvalue weighted by atomic mass is 9.78. The fraction of sp³-hybridized carbons (Fsp3) is 0.500. The molecule has 0 unspecified atom stereocenters. The van der Waals surface area contributed by atoms with Crippen molar-refractivity contribution in [1.82, 2.24) is 0 Å². The minimum Gasteiger partial charge on any atom is -0.0914 e. The fourth-order valence-corrected chi connectivity index (χ4v) is 3.25. The summed E-state index contributed by atoms with van der Waals surface area (Å²) < 4.78 is 0.